The van der Waals surface area contributed by atoms with Crippen LogP contribution in [0.5, 0.6) is 0 Å². The first-order chi connectivity index (χ1) is 4.04. The van der Waals surface area contributed by atoms with Crippen molar-refractivity contribution in [2.24, 2.45) is 4.99 Å². The second-order valence-electron chi connectivity index (χ2n) is 1.50. The Kier molecular flexibility index (Phi) is 3.27. The largest absolute Gasteiger partial charge is 0.505 e. The highest BCUT2D eigenvalue weighted by molar-refractivity contribution is 6.69. The molecule has 3 nitrogen and oxygen atoms in total. The number of aliphatic hydroxyl groups is 2. The average molecular weight is 150 g/mol. The highest BCUT2D eigenvalue weighted by Crippen LogP contribution is 1.97. The lowest BCUT2D eigenvalue weighted by molar-refractivity contribution is 0.205. The molecule has 0 aliphatic carbocycles. The first-order valence-electron chi connectivity index (χ1n) is 2.33. The summed E-state index contributed by atoms with van der Waals surface area (Å²) < 4.78 is 0. The number of aliphatic imine (C=N–C) groups is 1. The number of aliphatic hydroxyl groups excluding tert-OH is 2. The molecule has 0 aromatic rings. The van der Waals surface area contributed by atoms with Crippen molar-refractivity contribution in [3.8, 4) is 0 Å². The second-order valence-corrected chi connectivity index (χ2v) is 1.86. The van der Waals surface area contributed by atoms with Crippen molar-refractivity contribution in [3.05, 3.63) is 12.3 Å². The molecule has 9 heavy (non-hydrogen) atoms. The van der Waals surface area contributed by atoms with Crippen LogP contribution in [0.25, 0.3) is 0 Å². The van der Waals surface area contributed by atoms with Crippen molar-refractivity contribution in [1.82, 2.24) is 0 Å². The molecule has 0 bridgehead atoms. The van der Waals surface area contributed by atoms with Crippen molar-refractivity contribution in [2.45, 2.75) is 13.2 Å². The van der Waals surface area contributed by atoms with E-state index in [1.54, 1.807) is 0 Å². The van der Waals surface area contributed by atoms with Gasteiger partial charge in [0.15, 0.2) is 5.17 Å². The SMILES string of the molecule is C=C(O)C(Cl)=NC(C)O. The van der Waals surface area contributed by atoms with Crippen molar-refractivity contribution < 1.29 is 10.2 Å². The molecule has 0 spiro atoms. The zero-order chi connectivity index (χ0) is 7.44. The van der Waals surface area contributed by atoms with Gasteiger partial charge in [-0.05, 0) is 6.92 Å². The van der Waals surface area contributed by atoms with Gasteiger partial charge in [0.05, 0.1) is 0 Å². The number of hydrogen-bond acceptors (Lipinski definition) is 3. The van der Waals surface area contributed by atoms with Crippen LogP contribution in [0, 0.1) is 0 Å². The fourth-order valence-electron chi connectivity index (χ4n) is 0.239. The maximum atomic E-state index is 8.55. The fraction of sp³-hybridized carbons (Fsp3) is 0.400. The van der Waals surface area contributed by atoms with Gasteiger partial charge < -0.3 is 10.2 Å². The zero-order valence-corrected chi connectivity index (χ0v) is 5.76. The minimum atomic E-state index is -0.901. The van der Waals surface area contributed by atoms with Gasteiger partial charge in [-0.25, -0.2) is 4.99 Å². The first-order valence-corrected chi connectivity index (χ1v) is 2.71. The van der Waals surface area contributed by atoms with Crippen LogP contribution in [0.2, 0.25) is 0 Å². The summed E-state index contributed by atoms with van der Waals surface area (Å²) in [5.41, 5.74) is 0. The summed E-state index contributed by atoms with van der Waals surface area (Å²) in [6, 6.07) is 0. The first kappa shape index (κ1) is 8.46. The van der Waals surface area contributed by atoms with Gasteiger partial charge in [0.2, 0.25) is 0 Å². The van der Waals surface area contributed by atoms with Gasteiger partial charge in [0.25, 0.3) is 0 Å². The predicted molar refractivity (Wildman–Crippen MR) is 36.7 cm³/mol. The van der Waals surface area contributed by atoms with Gasteiger partial charge in [0, 0.05) is 0 Å². The van der Waals surface area contributed by atoms with E-state index < -0.39 is 6.23 Å². The third-order valence-electron chi connectivity index (χ3n) is 0.538. The fourth-order valence-corrected chi connectivity index (χ4v) is 0.380. The van der Waals surface area contributed by atoms with E-state index in [-0.39, 0.29) is 10.9 Å². The van der Waals surface area contributed by atoms with E-state index in [1.165, 1.54) is 6.92 Å². The number of nitrogens with zero attached hydrogens (tertiary/aromatic N) is 1. The topological polar surface area (TPSA) is 52.8 Å². The lowest BCUT2D eigenvalue weighted by Gasteiger charge is -1.96. The summed E-state index contributed by atoms with van der Waals surface area (Å²) in [6.45, 7) is 4.51. The summed E-state index contributed by atoms with van der Waals surface area (Å²) >= 11 is 5.25. The van der Waals surface area contributed by atoms with E-state index in [9.17, 15) is 0 Å². The Morgan fingerprint density at radius 3 is 2.33 bits per heavy atom. The molecule has 4 heteroatoms. The smallest absolute Gasteiger partial charge is 0.167 e. The van der Waals surface area contributed by atoms with Crippen LogP contribution in [0.15, 0.2) is 17.3 Å². The standard InChI is InChI=1S/C5H8ClNO2/c1-3(8)5(6)7-4(2)9/h4,8-9H,1H2,2H3. The summed E-state index contributed by atoms with van der Waals surface area (Å²) in [5, 5.41) is 16.9. The van der Waals surface area contributed by atoms with E-state index in [0.29, 0.717) is 0 Å². The number of hydrogen-bond donors (Lipinski definition) is 2. The third-order valence-corrected chi connectivity index (χ3v) is 0.854. The van der Waals surface area contributed by atoms with Crippen LogP contribution in [-0.4, -0.2) is 21.6 Å². The molecule has 0 aliphatic heterocycles. The summed E-state index contributed by atoms with van der Waals surface area (Å²) in [5.74, 6) is -0.336. The average Bonchev–Trinajstić information content (AvgIpc) is 1.63. The lowest BCUT2D eigenvalue weighted by atomic mass is 10.6. The number of rotatable bonds is 2. The lowest BCUT2D eigenvalue weighted by Crippen LogP contribution is -2.00. The maximum Gasteiger partial charge on any atom is 0.167 e. The highest BCUT2D eigenvalue weighted by atomic mass is 35.5. The van der Waals surface area contributed by atoms with E-state index in [0.717, 1.165) is 0 Å². The molecule has 0 saturated heterocycles. The molecular weight excluding hydrogens is 142 g/mol. The molecule has 2 N–H and O–H groups in total. The molecule has 0 aromatic heterocycles. The van der Waals surface area contributed by atoms with E-state index in [1.807, 2.05) is 0 Å². The van der Waals surface area contributed by atoms with Crippen molar-refractivity contribution in [3.63, 3.8) is 0 Å². The molecule has 0 amide bonds. The Labute approximate surface area is 58.3 Å². The summed E-state index contributed by atoms with van der Waals surface area (Å²) in [4.78, 5) is 3.36. The third kappa shape index (κ3) is 4.00. The highest BCUT2D eigenvalue weighted by Gasteiger charge is 1.97. The Morgan fingerprint density at radius 2 is 2.22 bits per heavy atom. The molecule has 0 fully saturated rings. The van der Waals surface area contributed by atoms with Crippen LogP contribution in [0.1, 0.15) is 6.92 Å². The van der Waals surface area contributed by atoms with Crippen molar-refractivity contribution in [1.29, 1.82) is 0 Å². The normalized spacial score (nSPS) is 15.2. The Hall–Kier alpha value is -0.540. The van der Waals surface area contributed by atoms with Crippen LogP contribution in [0.4, 0.5) is 0 Å². The molecule has 1 unspecified atom stereocenters. The molecule has 0 radical (unpaired) electrons. The van der Waals surface area contributed by atoms with Gasteiger partial charge >= 0.3 is 0 Å². The van der Waals surface area contributed by atoms with E-state index in [4.69, 9.17) is 21.8 Å². The molecular formula is C5H8ClNO2. The van der Waals surface area contributed by atoms with Crippen LogP contribution >= 0.6 is 11.6 Å². The molecule has 52 valence electrons. The van der Waals surface area contributed by atoms with Gasteiger partial charge in [-0.15, -0.1) is 0 Å². The molecule has 0 saturated carbocycles. The van der Waals surface area contributed by atoms with Crippen LogP contribution in [0.3, 0.4) is 0 Å². The Morgan fingerprint density at radius 1 is 1.78 bits per heavy atom. The zero-order valence-electron chi connectivity index (χ0n) is 5.00. The van der Waals surface area contributed by atoms with Crippen LogP contribution in [-0.2, 0) is 0 Å². The van der Waals surface area contributed by atoms with E-state index in [2.05, 4.69) is 11.6 Å². The second kappa shape index (κ2) is 3.48. The minimum absolute atomic E-state index is 0.162. The molecule has 0 aliphatic rings. The van der Waals surface area contributed by atoms with E-state index >= 15 is 0 Å². The minimum Gasteiger partial charge on any atom is -0.505 e. The Bertz CT molecular complexity index is 142. The monoisotopic (exact) mass is 149 g/mol. The maximum absolute atomic E-state index is 8.55. The quantitative estimate of drug-likeness (QED) is 0.455. The van der Waals surface area contributed by atoms with Gasteiger partial charge in [-0.2, -0.15) is 0 Å². The van der Waals surface area contributed by atoms with Crippen molar-refractivity contribution in [2.75, 3.05) is 0 Å². The summed E-state index contributed by atoms with van der Waals surface area (Å²) in [7, 11) is 0. The van der Waals surface area contributed by atoms with Gasteiger partial charge in [0.1, 0.15) is 12.0 Å². The van der Waals surface area contributed by atoms with Crippen molar-refractivity contribution >= 4 is 16.8 Å². The molecule has 1 atom stereocenters. The molecule has 0 aromatic carbocycles. The van der Waals surface area contributed by atoms with Gasteiger partial charge in [-0.1, -0.05) is 18.2 Å². The summed E-state index contributed by atoms with van der Waals surface area (Å²) in [6.07, 6.45) is -0.901. The number of allylic oxidation sites excluding steroid dienone is 1. The van der Waals surface area contributed by atoms with Crippen LogP contribution < -0.4 is 0 Å². The molecule has 0 heterocycles. The number of halogens is 1. The molecule has 0 rings (SSSR count). The van der Waals surface area contributed by atoms with Gasteiger partial charge in [-0.3, -0.25) is 0 Å². The Balaban J connectivity index is 4.00. The predicted octanol–water partition coefficient (Wildman–Crippen LogP) is 1.03.